The van der Waals surface area contributed by atoms with Crippen molar-refractivity contribution in [3.05, 3.63) is 0 Å². The third-order valence-corrected chi connectivity index (χ3v) is 3.04. The Kier molecular flexibility index (Phi) is 1.83. The summed E-state index contributed by atoms with van der Waals surface area (Å²) in [6.07, 6.45) is 5.81. The Morgan fingerprint density at radius 3 is 2.22 bits per heavy atom. The minimum absolute atomic E-state index is 0.637. The predicted octanol–water partition coefficient (Wildman–Crippen LogP) is 3.22. The van der Waals surface area contributed by atoms with Crippen LogP contribution in [0.5, 0.6) is 0 Å². The molecule has 0 N–H and O–H groups in total. The fourth-order valence-electron chi connectivity index (χ4n) is 1.67. The van der Waals surface area contributed by atoms with Gasteiger partial charge < -0.3 is 0 Å². The van der Waals surface area contributed by atoms with E-state index in [2.05, 4.69) is 20.8 Å². The summed E-state index contributed by atoms with van der Waals surface area (Å²) in [5, 5.41) is 0. The second kappa shape index (κ2) is 2.32. The summed E-state index contributed by atoms with van der Waals surface area (Å²) in [5.74, 6) is 0.950. The summed E-state index contributed by atoms with van der Waals surface area (Å²) in [6, 6.07) is 0. The molecule has 1 aliphatic rings. The molecule has 9 heavy (non-hydrogen) atoms. The molecule has 0 heterocycles. The van der Waals surface area contributed by atoms with E-state index >= 15 is 0 Å². The first kappa shape index (κ1) is 7.11. The van der Waals surface area contributed by atoms with Crippen LogP contribution >= 0.6 is 0 Å². The van der Waals surface area contributed by atoms with Gasteiger partial charge in [0.1, 0.15) is 0 Å². The lowest BCUT2D eigenvalue weighted by Gasteiger charge is -2.36. The molecule has 0 amide bonds. The molecule has 54 valence electrons. The van der Waals surface area contributed by atoms with Gasteiger partial charge >= 0.3 is 0 Å². The van der Waals surface area contributed by atoms with Gasteiger partial charge in [-0.2, -0.15) is 0 Å². The average Bonchev–Trinajstić information content (AvgIpc) is 1.77. The van der Waals surface area contributed by atoms with Gasteiger partial charge in [0, 0.05) is 0 Å². The Bertz CT molecular complexity index is 92.2. The van der Waals surface area contributed by atoms with Crippen molar-refractivity contribution in [2.75, 3.05) is 0 Å². The van der Waals surface area contributed by atoms with Crippen molar-refractivity contribution in [1.29, 1.82) is 0 Å². The molecule has 0 aromatic carbocycles. The number of hydrogen-bond acceptors (Lipinski definition) is 0. The van der Waals surface area contributed by atoms with E-state index in [4.69, 9.17) is 0 Å². The lowest BCUT2D eigenvalue weighted by molar-refractivity contribution is 0.154. The predicted molar refractivity (Wildman–Crippen MR) is 41.4 cm³/mol. The van der Waals surface area contributed by atoms with Crippen LogP contribution < -0.4 is 0 Å². The van der Waals surface area contributed by atoms with Crippen LogP contribution in [0.2, 0.25) is 0 Å². The Balaban J connectivity index is 2.49. The third kappa shape index (κ3) is 1.47. The van der Waals surface area contributed by atoms with Gasteiger partial charge in [0.05, 0.1) is 0 Å². The maximum atomic E-state index is 2.40. The molecule has 1 atom stereocenters. The van der Waals surface area contributed by atoms with Gasteiger partial charge in [-0.1, -0.05) is 40.0 Å². The molecule has 1 rings (SSSR count). The first-order chi connectivity index (χ1) is 4.13. The first-order valence-corrected chi connectivity index (χ1v) is 4.13. The molecule has 0 aliphatic heterocycles. The largest absolute Gasteiger partial charge is 0.0620 e. The minimum Gasteiger partial charge on any atom is -0.0620 e. The van der Waals surface area contributed by atoms with Gasteiger partial charge in [-0.3, -0.25) is 0 Å². The van der Waals surface area contributed by atoms with Crippen molar-refractivity contribution in [2.45, 2.75) is 46.5 Å². The zero-order chi connectivity index (χ0) is 6.91. The zero-order valence-electron chi connectivity index (χ0n) is 6.91. The van der Waals surface area contributed by atoms with Crippen molar-refractivity contribution in [3.63, 3.8) is 0 Å². The SMILES string of the molecule is CC1CCCCC1(C)C. The van der Waals surface area contributed by atoms with Crippen LogP contribution in [-0.4, -0.2) is 0 Å². The molecule has 0 nitrogen and oxygen atoms in total. The normalized spacial score (nSPS) is 34.3. The third-order valence-electron chi connectivity index (χ3n) is 3.04. The van der Waals surface area contributed by atoms with E-state index in [0.29, 0.717) is 5.41 Å². The zero-order valence-corrected chi connectivity index (χ0v) is 6.91. The molecule has 0 spiro atoms. The fourth-order valence-corrected chi connectivity index (χ4v) is 1.67. The summed E-state index contributed by atoms with van der Waals surface area (Å²) >= 11 is 0. The number of hydrogen-bond donors (Lipinski definition) is 0. The highest BCUT2D eigenvalue weighted by atomic mass is 14.3. The molecule has 1 saturated carbocycles. The quantitative estimate of drug-likeness (QED) is 0.467. The number of rotatable bonds is 0. The second-order valence-electron chi connectivity index (χ2n) is 4.14. The van der Waals surface area contributed by atoms with E-state index in [9.17, 15) is 0 Å². The molecule has 0 aromatic heterocycles. The standard InChI is InChI=1S/C9H18/c1-8-6-4-5-7-9(8,2)3/h8H,4-7H2,1-3H3. The molecule has 0 aromatic rings. The summed E-state index contributed by atoms with van der Waals surface area (Å²) in [5.41, 5.74) is 0.637. The molecule has 1 unspecified atom stereocenters. The maximum absolute atomic E-state index is 2.40. The van der Waals surface area contributed by atoms with Gasteiger partial charge in [0.2, 0.25) is 0 Å². The molecule has 0 bridgehead atoms. The maximum Gasteiger partial charge on any atom is -0.0329 e. The lowest BCUT2D eigenvalue weighted by Crippen LogP contribution is -2.24. The summed E-state index contributed by atoms with van der Waals surface area (Å²) < 4.78 is 0. The topological polar surface area (TPSA) is 0 Å². The fraction of sp³-hybridized carbons (Fsp3) is 1.00. The molecular weight excluding hydrogens is 108 g/mol. The average molecular weight is 126 g/mol. The van der Waals surface area contributed by atoms with Crippen LogP contribution in [0.4, 0.5) is 0 Å². The minimum atomic E-state index is 0.637. The summed E-state index contributed by atoms with van der Waals surface area (Å²) in [4.78, 5) is 0. The van der Waals surface area contributed by atoms with E-state index in [1.807, 2.05) is 0 Å². The van der Waals surface area contributed by atoms with Gasteiger partial charge in [0.15, 0.2) is 0 Å². The highest BCUT2D eigenvalue weighted by Gasteiger charge is 2.27. The van der Waals surface area contributed by atoms with E-state index in [1.165, 1.54) is 25.7 Å². The molecule has 0 heteroatoms. The smallest absolute Gasteiger partial charge is 0.0329 e. The molecule has 0 radical (unpaired) electrons. The van der Waals surface area contributed by atoms with Crippen molar-refractivity contribution in [2.24, 2.45) is 11.3 Å². The Hall–Kier alpha value is 0. The molecule has 0 saturated heterocycles. The van der Waals surface area contributed by atoms with Gasteiger partial charge in [-0.05, 0) is 17.8 Å². The van der Waals surface area contributed by atoms with Crippen LogP contribution in [0.1, 0.15) is 46.5 Å². The molecule has 1 fully saturated rings. The van der Waals surface area contributed by atoms with Crippen LogP contribution in [0.25, 0.3) is 0 Å². The van der Waals surface area contributed by atoms with Gasteiger partial charge in [-0.25, -0.2) is 0 Å². The van der Waals surface area contributed by atoms with Crippen molar-refractivity contribution >= 4 is 0 Å². The Morgan fingerprint density at radius 2 is 1.89 bits per heavy atom. The van der Waals surface area contributed by atoms with E-state index < -0.39 is 0 Å². The van der Waals surface area contributed by atoms with Crippen LogP contribution in [-0.2, 0) is 0 Å². The summed E-state index contributed by atoms with van der Waals surface area (Å²) in [7, 11) is 0. The molecular formula is C9H18. The van der Waals surface area contributed by atoms with Crippen LogP contribution in [0.3, 0.4) is 0 Å². The van der Waals surface area contributed by atoms with Gasteiger partial charge in [0.25, 0.3) is 0 Å². The van der Waals surface area contributed by atoms with Crippen LogP contribution in [0, 0.1) is 11.3 Å². The van der Waals surface area contributed by atoms with E-state index in [-0.39, 0.29) is 0 Å². The second-order valence-corrected chi connectivity index (χ2v) is 4.14. The van der Waals surface area contributed by atoms with E-state index in [1.54, 1.807) is 0 Å². The van der Waals surface area contributed by atoms with Crippen molar-refractivity contribution in [1.82, 2.24) is 0 Å². The van der Waals surface area contributed by atoms with Crippen molar-refractivity contribution in [3.8, 4) is 0 Å². The Labute approximate surface area is 58.7 Å². The highest BCUT2D eigenvalue weighted by Crippen LogP contribution is 2.39. The summed E-state index contributed by atoms with van der Waals surface area (Å²) in [6.45, 7) is 7.19. The first-order valence-electron chi connectivity index (χ1n) is 4.13. The highest BCUT2D eigenvalue weighted by molar-refractivity contribution is 4.79. The van der Waals surface area contributed by atoms with E-state index in [0.717, 1.165) is 5.92 Å². The Morgan fingerprint density at radius 1 is 1.22 bits per heavy atom. The van der Waals surface area contributed by atoms with Gasteiger partial charge in [-0.15, -0.1) is 0 Å². The van der Waals surface area contributed by atoms with Crippen LogP contribution in [0.15, 0.2) is 0 Å². The monoisotopic (exact) mass is 126 g/mol. The lowest BCUT2D eigenvalue weighted by atomic mass is 9.70. The molecule has 1 aliphatic carbocycles. The van der Waals surface area contributed by atoms with Crippen molar-refractivity contribution < 1.29 is 0 Å².